The molecule has 2 aromatic heterocycles. The van der Waals surface area contributed by atoms with Crippen LogP contribution < -0.4 is 4.90 Å². The summed E-state index contributed by atoms with van der Waals surface area (Å²) in [6, 6.07) is 1.51. The number of carbonyl (C=O) groups is 1. The Morgan fingerprint density at radius 1 is 1.39 bits per heavy atom. The number of rotatable bonds is 2. The van der Waals surface area contributed by atoms with Gasteiger partial charge in [0.15, 0.2) is 5.69 Å². The lowest BCUT2D eigenvalue weighted by Gasteiger charge is -2.28. The van der Waals surface area contributed by atoms with E-state index in [-0.39, 0.29) is 11.5 Å². The molecule has 2 aromatic rings. The molecule has 94 valence electrons. The van der Waals surface area contributed by atoms with E-state index < -0.39 is 5.97 Å². The Morgan fingerprint density at radius 2 is 2.17 bits per heavy atom. The Morgan fingerprint density at radius 3 is 2.89 bits per heavy atom. The van der Waals surface area contributed by atoms with Crippen molar-refractivity contribution in [1.82, 2.24) is 19.6 Å². The maximum Gasteiger partial charge on any atom is 0.354 e. The summed E-state index contributed by atoms with van der Waals surface area (Å²) in [5.41, 5.74) is -0.0306. The standard InChI is InChI=1S/C10H11N5O3/c16-9(17)7-5-8(14-1-3-18-4-2-14)15-10(13-7)11-6-12-15/h5-6H,1-4H2,(H,16,17). The molecule has 0 aliphatic carbocycles. The average molecular weight is 249 g/mol. The van der Waals surface area contributed by atoms with Crippen molar-refractivity contribution in [3.63, 3.8) is 0 Å². The molecule has 1 aliphatic rings. The molecule has 0 spiro atoms. The highest BCUT2D eigenvalue weighted by atomic mass is 16.5. The van der Waals surface area contributed by atoms with Gasteiger partial charge in [-0.1, -0.05) is 0 Å². The van der Waals surface area contributed by atoms with E-state index >= 15 is 0 Å². The summed E-state index contributed by atoms with van der Waals surface area (Å²) < 4.78 is 6.81. The number of carboxylic acids is 1. The van der Waals surface area contributed by atoms with Crippen LogP contribution in [0.5, 0.6) is 0 Å². The lowest BCUT2D eigenvalue weighted by atomic mass is 10.3. The molecule has 0 unspecified atom stereocenters. The Labute approximate surface area is 102 Å². The summed E-state index contributed by atoms with van der Waals surface area (Å²) in [5.74, 6) is -0.107. The van der Waals surface area contributed by atoms with Gasteiger partial charge in [0.1, 0.15) is 12.1 Å². The predicted octanol–water partition coefficient (Wildman–Crippen LogP) is -0.341. The number of fused-ring (bicyclic) bond motifs is 1. The quantitative estimate of drug-likeness (QED) is 0.778. The van der Waals surface area contributed by atoms with E-state index in [1.165, 1.54) is 16.9 Å². The average Bonchev–Trinajstić information content (AvgIpc) is 2.86. The minimum absolute atomic E-state index is 0.0306. The van der Waals surface area contributed by atoms with Crippen LogP contribution in [0.2, 0.25) is 0 Å². The maximum absolute atomic E-state index is 11.0. The fourth-order valence-electron chi connectivity index (χ4n) is 1.92. The molecule has 0 bridgehead atoms. The molecular formula is C10H11N5O3. The van der Waals surface area contributed by atoms with Crippen LogP contribution in [0, 0.1) is 0 Å². The second-order valence-corrected chi connectivity index (χ2v) is 3.88. The molecule has 0 amide bonds. The smallest absolute Gasteiger partial charge is 0.354 e. The van der Waals surface area contributed by atoms with E-state index in [0.717, 1.165) is 0 Å². The minimum Gasteiger partial charge on any atom is -0.477 e. The topological polar surface area (TPSA) is 92.8 Å². The van der Waals surface area contributed by atoms with E-state index in [0.29, 0.717) is 32.1 Å². The maximum atomic E-state index is 11.0. The van der Waals surface area contributed by atoms with E-state index in [2.05, 4.69) is 15.1 Å². The van der Waals surface area contributed by atoms with E-state index in [4.69, 9.17) is 9.84 Å². The van der Waals surface area contributed by atoms with Crippen molar-refractivity contribution in [2.45, 2.75) is 0 Å². The molecule has 3 rings (SSSR count). The predicted molar refractivity (Wildman–Crippen MR) is 60.8 cm³/mol. The van der Waals surface area contributed by atoms with Gasteiger partial charge in [0.25, 0.3) is 5.78 Å². The highest BCUT2D eigenvalue weighted by Crippen LogP contribution is 2.17. The molecule has 8 heteroatoms. The third-order valence-corrected chi connectivity index (χ3v) is 2.79. The highest BCUT2D eigenvalue weighted by Gasteiger charge is 2.18. The fourth-order valence-corrected chi connectivity index (χ4v) is 1.92. The molecule has 0 atom stereocenters. The number of aromatic carboxylic acids is 1. The van der Waals surface area contributed by atoms with Gasteiger partial charge in [-0.05, 0) is 0 Å². The van der Waals surface area contributed by atoms with E-state index in [1.54, 1.807) is 0 Å². The second-order valence-electron chi connectivity index (χ2n) is 3.88. The molecule has 8 nitrogen and oxygen atoms in total. The second kappa shape index (κ2) is 4.22. The van der Waals surface area contributed by atoms with Gasteiger partial charge in [-0.3, -0.25) is 0 Å². The first kappa shape index (κ1) is 10.9. The van der Waals surface area contributed by atoms with Gasteiger partial charge in [-0.15, -0.1) is 0 Å². The summed E-state index contributed by atoms with van der Waals surface area (Å²) in [5, 5.41) is 13.1. The van der Waals surface area contributed by atoms with Crippen molar-refractivity contribution >= 4 is 17.6 Å². The number of morpholine rings is 1. The molecule has 1 N–H and O–H groups in total. The minimum atomic E-state index is -1.07. The van der Waals surface area contributed by atoms with Crippen molar-refractivity contribution in [2.24, 2.45) is 0 Å². The third kappa shape index (κ3) is 1.76. The van der Waals surface area contributed by atoms with Gasteiger partial charge in [0, 0.05) is 19.2 Å². The van der Waals surface area contributed by atoms with Crippen LogP contribution in [0.3, 0.4) is 0 Å². The van der Waals surface area contributed by atoms with Crippen LogP contribution >= 0.6 is 0 Å². The van der Waals surface area contributed by atoms with Crippen molar-refractivity contribution in [1.29, 1.82) is 0 Å². The molecule has 0 radical (unpaired) electrons. The number of hydrogen-bond donors (Lipinski definition) is 1. The molecule has 0 aromatic carbocycles. The zero-order valence-corrected chi connectivity index (χ0v) is 9.48. The molecule has 18 heavy (non-hydrogen) atoms. The number of anilines is 1. The molecular weight excluding hydrogens is 238 g/mol. The normalized spacial score (nSPS) is 16.1. The largest absolute Gasteiger partial charge is 0.477 e. The molecule has 0 saturated carbocycles. The van der Waals surface area contributed by atoms with Crippen LogP contribution in [0.4, 0.5) is 5.82 Å². The van der Waals surface area contributed by atoms with Crippen LogP contribution in [-0.2, 0) is 4.74 Å². The summed E-state index contributed by atoms with van der Waals surface area (Å²) >= 11 is 0. The van der Waals surface area contributed by atoms with Crippen molar-refractivity contribution in [3.8, 4) is 0 Å². The Balaban J connectivity index is 2.12. The first-order valence-corrected chi connectivity index (χ1v) is 5.52. The number of ether oxygens (including phenoxy) is 1. The van der Waals surface area contributed by atoms with Crippen LogP contribution in [0.1, 0.15) is 10.5 Å². The monoisotopic (exact) mass is 249 g/mol. The third-order valence-electron chi connectivity index (χ3n) is 2.79. The number of carboxylic acid groups (broad SMARTS) is 1. The van der Waals surface area contributed by atoms with Gasteiger partial charge < -0.3 is 14.7 Å². The van der Waals surface area contributed by atoms with E-state index in [9.17, 15) is 4.79 Å². The van der Waals surface area contributed by atoms with Gasteiger partial charge in [-0.25, -0.2) is 9.78 Å². The molecule has 1 aliphatic heterocycles. The SMILES string of the molecule is O=C(O)c1cc(N2CCOCC2)n2ncnc2n1. The Hall–Kier alpha value is -2.22. The van der Waals surface area contributed by atoms with Gasteiger partial charge in [0.2, 0.25) is 0 Å². The van der Waals surface area contributed by atoms with Crippen LogP contribution in [0.25, 0.3) is 5.78 Å². The van der Waals surface area contributed by atoms with Crippen LogP contribution in [0.15, 0.2) is 12.4 Å². The summed E-state index contributed by atoms with van der Waals surface area (Å²) in [6.07, 6.45) is 1.36. The number of hydrogen-bond acceptors (Lipinski definition) is 6. The highest BCUT2D eigenvalue weighted by molar-refractivity contribution is 5.86. The summed E-state index contributed by atoms with van der Waals surface area (Å²) in [4.78, 5) is 20.9. The Bertz CT molecular complexity index is 590. The zero-order chi connectivity index (χ0) is 12.5. The van der Waals surface area contributed by atoms with Crippen molar-refractivity contribution in [3.05, 3.63) is 18.1 Å². The Kier molecular flexibility index (Phi) is 2.56. The first-order chi connectivity index (χ1) is 8.75. The molecule has 1 saturated heterocycles. The number of aromatic nitrogens is 4. The molecule has 1 fully saturated rings. The van der Waals surface area contributed by atoms with Gasteiger partial charge >= 0.3 is 5.97 Å². The number of nitrogens with zero attached hydrogens (tertiary/aromatic N) is 5. The summed E-state index contributed by atoms with van der Waals surface area (Å²) in [7, 11) is 0. The first-order valence-electron chi connectivity index (χ1n) is 5.52. The summed E-state index contributed by atoms with van der Waals surface area (Å²) in [6.45, 7) is 2.61. The van der Waals surface area contributed by atoms with E-state index in [1.807, 2.05) is 4.90 Å². The lowest BCUT2D eigenvalue weighted by Crippen LogP contribution is -2.37. The van der Waals surface area contributed by atoms with Crippen molar-refractivity contribution < 1.29 is 14.6 Å². The van der Waals surface area contributed by atoms with Crippen molar-refractivity contribution in [2.75, 3.05) is 31.2 Å². The fraction of sp³-hybridized carbons (Fsp3) is 0.400. The van der Waals surface area contributed by atoms with Gasteiger partial charge in [0.05, 0.1) is 13.2 Å². The zero-order valence-electron chi connectivity index (χ0n) is 9.48. The van der Waals surface area contributed by atoms with Gasteiger partial charge in [-0.2, -0.15) is 14.6 Å². The van der Waals surface area contributed by atoms with Crippen LogP contribution in [-0.4, -0.2) is 57.0 Å². The molecule has 3 heterocycles. The lowest BCUT2D eigenvalue weighted by molar-refractivity contribution is 0.0690.